The van der Waals surface area contributed by atoms with E-state index in [1.807, 2.05) is 0 Å². The molecule has 0 atom stereocenters. The smallest absolute Gasteiger partial charge is 0.319 e. The highest BCUT2D eigenvalue weighted by molar-refractivity contribution is 5.71. The van der Waals surface area contributed by atoms with Crippen LogP contribution in [-0.4, -0.2) is 37.1 Å². The standard InChI is InChI=1S/C14H27NO2/c1-12(2)7-6-10-15(11-14(16)17-3)13-8-4-5-9-13/h12-13H,4-11H2,1-3H3. The molecule has 0 radical (unpaired) electrons. The Balaban J connectivity index is 2.37. The fourth-order valence-corrected chi connectivity index (χ4v) is 2.59. The van der Waals surface area contributed by atoms with E-state index in [2.05, 4.69) is 18.7 Å². The van der Waals surface area contributed by atoms with E-state index in [0.717, 1.165) is 12.5 Å². The Morgan fingerprint density at radius 2 is 2.00 bits per heavy atom. The van der Waals surface area contributed by atoms with Crippen molar-refractivity contribution in [2.45, 2.75) is 58.4 Å². The van der Waals surface area contributed by atoms with Crippen LogP contribution in [0.4, 0.5) is 0 Å². The molecule has 1 saturated carbocycles. The number of ether oxygens (including phenoxy) is 1. The third kappa shape index (κ3) is 5.53. The third-order valence-electron chi connectivity index (χ3n) is 3.63. The van der Waals surface area contributed by atoms with Crippen LogP contribution in [0, 0.1) is 5.92 Å². The van der Waals surface area contributed by atoms with Crippen molar-refractivity contribution in [3.05, 3.63) is 0 Å². The highest BCUT2D eigenvalue weighted by Crippen LogP contribution is 2.24. The van der Waals surface area contributed by atoms with Gasteiger partial charge in [0.05, 0.1) is 13.7 Å². The van der Waals surface area contributed by atoms with E-state index in [9.17, 15) is 4.79 Å². The summed E-state index contributed by atoms with van der Waals surface area (Å²) in [6.07, 6.45) is 7.55. The number of rotatable bonds is 7. The predicted octanol–water partition coefficient (Wildman–Crippen LogP) is 2.84. The summed E-state index contributed by atoms with van der Waals surface area (Å²) in [6.45, 7) is 6.01. The molecule has 0 bridgehead atoms. The summed E-state index contributed by atoms with van der Waals surface area (Å²) in [7, 11) is 1.48. The number of nitrogens with zero attached hydrogens (tertiary/aromatic N) is 1. The Morgan fingerprint density at radius 3 is 2.53 bits per heavy atom. The zero-order valence-corrected chi connectivity index (χ0v) is 11.6. The molecule has 3 nitrogen and oxygen atoms in total. The van der Waals surface area contributed by atoms with Crippen LogP contribution in [-0.2, 0) is 9.53 Å². The van der Waals surface area contributed by atoms with Gasteiger partial charge in [-0.1, -0.05) is 26.7 Å². The van der Waals surface area contributed by atoms with Gasteiger partial charge in [-0.25, -0.2) is 0 Å². The fourth-order valence-electron chi connectivity index (χ4n) is 2.59. The van der Waals surface area contributed by atoms with Crippen molar-refractivity contribution in [1.82, 2.24) is 4.90 Å². The SMILES string of the molecule is COC(=O)CN(CCCC(C)C)C1CCCC1. The lowest BCUT2D eigenvalue weighted by molar-refractivity contribution is -0.142. The van der Waals surface area contributed by atoms with Crippen LogP contribution in [0.2, 0.25) is 0 Å². The van der Waals surface area contributed by atoms with E-state index < -0.39 is 0 Å². The first-order chi connectivity index (χ1) is 8.13. The quantitative estimate of drug-likeness (QED) is 0.642. The Kier molecular flexibility index (Phi) is 6.56. The molecule has 1 aliphatic carbocycles. The van der Waals surface area contributed by atoms with E-state index in [1.54, 1.807) is 0 Å². The topological polar surface area (TPSA) is 29.5 Å². The summed E-state index contributed by atoms with van der Waals surface area (Å²) < 4.78 is 4.79. The van der Waals surface area contributed by atoms with Crippen molar-refractivity contribution >= 4 is 5.97 Å². The molecule has 100 valence electrons. The molecule has 0 heterocycles. The molecule has 3 heteroatoms. The van der Waals surface area contributed by atoms with Crippen LogP contribution in [0.1, 0.15) is 52.4 Å². The third-order valence-corrected chi connectivity index (χ3v) is 3.63. The Bertz CT molecular complexity index is 222. The Hall–Kier alpha value is -0.570. The molecule has 0 saturated heterocycles. The first-order valence-electron chi connectivity index (χ1n) is 6.94. The summed E-state index contributed by atoms with van der Waals surface area (Å²) in [5.41, 5.74) is 0. The minimum absolute atomic E-state index is 0.0959. The molecule has 0 aliphatic heterocycles. The molecule has 0 amide bonds. The van der Waals surface area contributed by atoms with Gasteiger partial charge in [-0.15, -0.1) is 0 Å². The molecule has 0 N–H and O–H groups in total. The number of methoxy groups -OCH3 is 1. The normalized spacial score (nSPS) is 17.0. The molecular formula is C14H27NO2. The predicted molar refractivity (Wildman–Crippen MR) is 69.9 cm³/mol. The average Bonchev–Trinajstić information content (AvgIpc) is 2.80. The van der Waals surface area contributed by atoms with Crippen molar-refractivity contribution in [2.75, 3.05) is 20.2 Å². The van der Waals surface area contributed by atoms with E-state index in [0.29, 0.717) is 12.6 Å². The van der Waals surface area contributed by atoms with Gasteiger partial charge in [-0.05, 0) is 38.1 Å². The Labute approximate surface area is 106 Å². The van der Waals surface area contributed by atoms with E-state index in [4.69, 9.17) is 4.74 Å². The van der Waals surface area contributed by atoms with E-state index in [-0.39, 0.29) is 5.97 Å². The Morgan fingerprint density at radius 1 is 1.35 bits per heavy atom. The van der Waals surface area contributed by atoms with Crippen LogP contribution in [0.25, 0.3) is 0 Å². The van der Waals surface area contributed by atoms with Gasteiger partial charge in [0.1, 0.15) is 0 Å². The molecule has 0 aromatic carbocycles. The summed E-state index contributed by atoms with van der Waals surface area (Å²) in [6, 6.07) is 0.612. The maximum Gasteiger partial charge on any atom is 0.319 e. The van der Waals surface area contributed by atoms with Crippen LogP contribution in [0.3, 0.4) is 0 Å². The van der Waals surface area contributed by atoms with Crippen LogP contribution in [0.15, 0.2) is 0 Å². The summed E-state index contributed by atoms with van der Waals surface area (Å²) in [4.78, 5) is 13.7. The number of esters is 1. The van der Waals surface area contributed by atoms with Gasteiger partial charge in [-0.2, -0.15) is 0 Å². The lowest BCUT2D eigenvalue weighted by atomic mass is 10.1. The van der Waals surface area contributed by atoms with Crippen LogP contribution < -0.4 is 0 Å². The van der Waals surface area contributed by atoms with Crippen LogP contribution >= 0.6 is 0 Å². The lowest BCUT2D eigenvalue weighted by Gasteiger charge is -2.27. The van der Waals surface area contributed by atoms with Gasteiger partial charge in [-0.3, -0.25) is 9.69 Å². The highest BCUT2D eigenvalue weighted by atomic mass is 16.5. The minimum atomic E-state index is -0.0959. The zero-order valence-electron chi connectivity index (χ0n) is 11.6. The largest absolute Gasteiger partial charge is 0.468 e. The lowest BCUT2D eigenvalue weighted by Crippen LogP contribution is -2.38. The van der Waals surface area contributed by atoms with Gasteiger partial charge in [0.2, 0.25) is 0 Å². The maximum absolute atomic E-state index is 11.4. The monoisotopic (exact) mass is 241 g/mol. The molecule has 1 aliphatic rings. The second-order valence-corrected chi connectivity index (χ2v) is 5.52. The molecule has 0 aromatic heterocycles. The average molecular weight is 241 g/mol. The number of hydrogen-bond donors (Lipinski definition) is 0. The molecular weight excluding hydrogens is 214 g/mol. The number of hydrogen-bond acceptors (Lipinski definition) is 3. The molecule has 0 unspecified atom stereocenters. The fraction of sp³-hybridized carbons (Fsp3) is 0.929. The van der Waals surface area contributed by atoms with Crippen molar-refractivity contribution in [3.8, 4) is 0 Å². The second kappa shape index (κ2) is 7.70. The maximum atomic E-state index is 11.4. The van der Waals surface area contributed by atoms with Gasteiger partial charge >= 0.3 is 5.97 Å². The molecule has 0 spiro atoms. The number of carbonyl (C=O) groups is 1. The first-order valence-corrected chi connectivity index (χ1v) is 6.94. The molecule has 0 aromatic rings. The molecule has 1 fully saturated rings. The highest BCUT2D eigenvalue weighted by Gasteiger charge is 2.24. The van der Waals surface area contributed by atoms with E-state index >= 15 is 0 Å². The summed E-state index contributed by atoms with van der Waals surface area (Å²) in [5, 5.41) is 0. The van der Waals surface area contributed by atoms with Gasteiger partial charge < -0.3 is 4.74 Å². The zero-order chi connectivity index (χ0) is 12.7. The molecule has 17 heavy (non-hydrogen) atoms. The van der Waals surface area contributed by atoms with Crippen molar-refractivity contribution < 1.29 is 9.53 Å². The minimum Gasteiger partial charge on any atom is -0.468 e. The first kappa shape index (κ1) is 14.5. The van der Waals surface area contributed by atoms with Crippen molar-refractivity contribution in [2.24, 2.45) is 5.92 Å². The summed E-state index contributed by atoms with van der Waals surface area (Å²) >= 11 is 0. The van der Waals surface area contributed by atoms with E-state index in [1.165, 1.54) is 45.6 Å². The second-order valence-electron chi connectivity index (χ2n) is 5.52. The van der Waals surface area contributed by atoms with Gasteiger partial charge in [0.25, 0.3) is 0 Å². The van der Waals surface area contributed by atoms with Gasteiger partial charge in [0.15, 0.2) is 0 Å². The summed E-state index contributed by atoms with van der Waals surface area (Å²) in [5.74, 6) is 0.653. The molecule has 1 rings (SSSR count). The van der Waals surface area contributed by atoms with Crippen molar-refractivity contribution in [1.29, 1.82) is 0 Å². The van der Waals surface area contributed by atoms with Gasteiger partial charge in [0, 0.05) is 6.04 Å². The van der Waals surface area contributed by atoms with Crippen molar-refractivity contribution in [3.63, 3.8) is 0 Å². The van der Waals surface area contributed by atoms with Crippen LogP contribution in [0.5, 0.6) is 0 Å². The number of carbonyl (C=O) groups excluding carboxylic acids is 1.